The molecule has 154 valence electrons. The minimum atomic E-state index is -0.982. The SMILES string of the molecule is Cc1cccc(C)c1NC(O)N1C/C=C/COc2cccc(c2)Nc2cc1ncn2. The number of aliphatic hydroxyl groups excluding tert-OH is 1. The molecule has 0 aliphatic carbocycles. The molecule has 1 aliphatic rings. The molecule has 1 atom stereocenters. The predicted molar refractivity (Wildman–Crippen MR) is 119 cm³/mol. The van der Waals surface area contributed by atoms with Gasteiger partial charge in [0.2, 0.25) is 6.35 Å². The van der Waals surface area contributed by atoms with Crippen molar-refractivity contribution in [2.75, 3.05) is 28.7 Å². The third-order valence-corrected chi connectivity index (χ3v) is 4.92. The monoisotopic (exact) mass is 403 g/mol. The van der Waals surface area contributed by atoms with Gasteiger partial charge in [0.05, 0.1) is 0 Å². The number of aryl methyl sites for hydroxylation is 2. The van der Waals surface area contributed by atoms with Gasteiger partial charge in [0, 0.05) is 30.1 Å². The first-order valence-electron chi connectivity index (χ1n) is 9.84. The third kappa shape index (κ3) is 4.52. The number of rotatable bonds is 3. The van der Waals surface area contributed by atoms with Gasteiger partial charge in [0.25, 0.3) is 0 Å². The van der Waals surface area contributed by atoms with E-state index in [-0.39, 0.29) is 0 Å². The normalized spacial score (nSPS) is 15.5. The smallest absolute Gasteiger partial charge is 0.206 e. The van der Waals surface area contributed by atoms with Crippen LogP contribution < -0.4 is 20.3 Å². The Kier molecular flexibility index (Phi) is 5.81. The van der Waals surface area contributed by atoms with E-state index < -0.39 is 6.35 Å². The van der Waals surface area contributed by atoms with Gasteiger partial charge in [-0.2, -0.15) is 0 Å². The summed E-state index contributed by atoms with van der Waals surface area (Å²) in [7, 11) is 0. The number of fused-ring (bicyclic) bond motifs is 4. The second kappa shape index (κ2) is 8.84. The molecule has 3 aromatic rings. The van der Waals surface area contributed by atoms with E-state index in [9.17, 15) is 5.11 Å². The van der Waals surface area contributed by atoms with Gasteiger partial charge in [-0.15, -0.1) is 0 Å². The van der Waals surface area contributed by atoms with Crippen LogP contribution in [0.15, 0.2) is 67.0 Å². The highest BCUT2D eigenvalue weighted by atomic mass is 16.5. The molecule has 7 heteroatoms. The number of benzene rings is 2. The van der Waals surface area contributed by atoms with E-state index in [1.807, 2.05) is 74.5 Å². The van der Waals surface area contributed by atoms with Gasteiger partial charge in [0.1, 0.15) is 30.3 Å². The topological polar surface area (TPSA) is 82.5 Å². The van der Waals surface area contributed by atoms with Crippen LogP contribution in [0.5, 0.6) is 5.75 Å². The van der Waals surface area contributed by atoms with Crippen LogP contribution in [0.4, 0.5) is 23.0 Å². The summed E-state index contributed by atoms with van der Waals surface area (Å²) in [6, 6.07) is 15.5. The summed E-state index contributed by atoms with van der Waals surface area (Å²) in [6.45, 7) is 4.90. The summed E-state index contributed by atoms with van der Waals surface area (Å²) in [4.78, 5) is 10.5. The van der Waals surface area contributed by atoms with E-state index in [1.54, 1.807) is 4.90 Å². The molecule has 7 nitrogen and oxygen atoms in total. The molecule has 0 saturated heterocycles. The number of aliphatic hydroxyl groups is 1. The van der Waals surface area contributed by atoms with E-state index >= 15 is 0 Å². The fourth-order valence-electron chi connectivity index (χ4n) is 3.35. The lowest BCUT2D eigenvalue weighted by Gasteiger charge is -2.30. The van der Waals surface area contributed by atoms with Crippen LogP contribution in [0.1, 0.15) is 11.1 Å². The molecule has 2 aromatic carbocycles. The number of nitrogens with zero attached hydrogens (tertiary/aromatic N) is 3. The zero-order chi connectivity index (χ0) is 20.9. The second-order valence-electron chi connectivity index (χ2n) is 7.13. The standard InChI is InChI=1S/C23H25N5O2/c1-16-7-5-8-17(2)22(16)27-23(29)28-11-3-4-12-30-19-10-6-9-18(13-19)26-20-14-21(28)25-15-24-20/h3-10,13-15,23,27,29H,11-12H2,1-2H3,(H,24,25,26)/b4-3+. The minimum absolute atomic E-state index is 0.432. The van der Waals surface area contributed by atoms with Gasteiger partial charge < -0.3 is 25.4 Å². The summed E-state index contributed by atoms with van der Waals surface area (Å²) < 4.78 is 5.78. The molecule has 1 aromatic heterocycles. The fraction of sp³-hybridized carbons (Fsp3) is 0.217. The molecule has 0 fully saturated rings. The first kappa shape index (κ1) is 19.7. The van der Waals surface area contributed by atoms with Crippen LogP contribution in [-0.2, 0) is 0 Å². The van der Waals surface area contributed by atoms with Gasteiger partial charge >= 0.3 is 0 Å². The van der Waals surface area contributed by atoms with Crippen molar-refractivity contribution in [2.24, 2.45) is 0 Å². The minimum Gasteiger partial charge on any atom is -0.489 e. The van der Waals surface area contributed by atoms with Crippen molar-refractivity contribution in [1.29, 1.82) is 0 Å². The van der Waals surface area contributed by atoms with Crippen LogP contribution in [0.25, 0.3) is 0 Å². The number of nitrogens with one attached hydrogen (secondary N) is 2. The molecular weight excluding hydrogens is 378 g/mol. The highest BCUT2D eigenvalue weighted by Gasteiger charge is 2.19. The second-order valence-corrected chi connectivity index (χ2v) is 7.13. The van der Waals surface area contributed by atoms with Crippen LogP contribution in [0.2, 0.25) is 0 Å². The van der Waals surface area contributed by atoms with E-state index in [0.29, 0.717) is 24.8 Å². The van der Waals surface area contributed by atoms with Gasteiger partial charge in [-0.25, -0.2) is 9.97 Å². The van der Waals surface area contributed by atoms with Gasteiger partial charge in [-0.05, 0) is 43.2 Å². The Bertz CT molecular complexity index is 1030. The Labute approximate surface area is 176 Å². The highest BCUT2D eigenvalue weighted by molar-refractivity contribution is 5.62. The molecule has 1 unspecified atom stereocenters. The maximum Gasteiger partial charge on any atom is 0.206 e. The Morgan fingerprint density at radius 3 is 2.70 bits per heavy atom. The molecule has 2 heterocycles. The first-order chi connectivity index (χ1) is 14.6. The van der Waals surface area contributed by atoms with Crippen LogP contribution in [0.3, 0.4) is 0 Å². The van der Waals surface area contributed by atoms with Crippen molar-refractivity contribution >= 4 is 23.0 Å². The summed E-state index contributed by atoms with van der Waals surface area (Å²) in [6.07, 6.45) is 4.38. The molecule has 1 aliphatic heterocycles. The number of hydrogen-bond acceptors (Lipinski definition) is 7. The summed E-state index contributed by atoms with van der Waals surface area (Å²) in [5.74, 6) is 2.00. The number of para-hydroxylation sites is 1. The number of anilines is 4. The highest BCUT2D eigenvalue weighted by Crippen LogP contribution is 2.25. The van der Waals surface area contributed by atoms with Crippen molar-refractivity contribution in [3.63, 3.8) is 0 Å². The molecule has 0 radical (unpaired) electrons. The van der Waals surface area contributed by atoms with E-state index in [0.717, 1.165) is 28.3 Å². The lowest BCUT2D eigenvalue weighted by molar-refractivity contribution is 0.199. The lowest BCUT2D eigenvalue weighted by atomic mass is 10.1. The van der Waals surface area contributed by atoms with Crippen molar-refractivity contribution in [3.05, 3.63) is 78.1 Å². The van der Waals surface area contributed by atoms with Crippen LogP contribution in [0, 0.1) is 13.8 Å². The van der Waals surface area contributed by atoms with Crippen molar-refractivity contribution in [3.8, 4) is 5.75 Å². The van der Waals surface area contributed by atoms with Crippen LogP contribution in [-0.4, -0.2) is 34.6 Å². The summed E-state index contributed by atoms with van der Waals surface area (Å²) in [5.41, 5.74) is 3.89. The molecule has 4 bridgehead atoms. The van der Waals surface area contributed by atoms with Crippen molar-refractivity contribution in [1.82, 2.24) is 9.97 Å². The Hall–Kier alpha value is -3.58. The predicted octanol–water partition coefficient (Wildman–Crippen LogP) is 3.98. The first-order valence-corrected chi connectivity index (χ1v) is 9.84. The fourth-order valence-corrected chi connectivity index (χ4v) is 3.35. The summed E-state index contributed by atoms with van der Waals surface area (Å²) in [5, 5.41) is 17.5. The molecule has 0 saturated carbocycles. The third-order valence-electron chi connectivity index (χ3n) is 4.92. The lowest BCUT2D eigenvalue weighted by Crippen LogP contribution is -2.42. The van der Waals surface area contributed by atoms with Gasteiger partial charge in [-0.3, -0.25) is 0 Å². The maximum atomic E-state index is 11.0. The number of ether oxygens (including phenoxy) is 1. The molecule has 4 rings (SSSR count). The maximum absolute atomic E-state index is 11.0. The average molecular weight is 403 g/mol. The van der Waals surface area contributed by atoms with Crippen LogP contribution >= 0.6 is 0 Å². The van der Waals surface area contributed by atoms with E-state index in [2.05, 4.69) is 20.6 Å². The Morgan fingerprint density at radius 2 is 1.87 bits per heavy atom. The number of hydrogen-bond donors (Lipinski definition) is 3. The van der Waals surface area contributed by atoms with Crippen molar-refractivity contribution in [2.45, 2.75) is 20.2 Å². The summed E-state index contributed by atoms with van der Waals surface area (Å²) >= 11 is 0. The quantitative estimate of drug-likeness (QED) is 0.451. The van der Waals surface area contributed by atoms with Gasteiger partial charge in [-0.1, -0.05) is 30.3 Å². The zero-order valence-corrected chi connectivity index (χ0v) is 17.0. The van der Waals surface area contributed by atoms with Gasteiger partial charge in [0.15, 0.2) is 0 Å². The van der Waals surface area contributed by atoms with Crippen molar-refractivity contribution < 1.29 is 9.84 Å². The van der Waals surface area contributed by atoms with E-state index in [4.69, 9.17) is 4.74 Å². The zero-order valence-electron chi connectivity index (χ0n) is 17.0. The number of aromatic nitrogens is 2. The molecule has 0 amide bonds. The Balaban J connectivity index is 1.65. The molecule has 3 N–H and O–H groups in total. The largest absolute Gasteiger partial charge is 0.489 e. The molecule has 0 spiro atoms. The average Bonchev–Trinajstić information content (AvgIpc) is 2.74. The molecular formula is C23H25N5O2. The molecule has 30 heavy (non-hydrogen) atoms. The van der Waals surface area contributed by atoms with E-state index in [1.165, 1.54) is 6.33 Å². The Morgan fingerprint density at radius 1 is 1.07 bits per heavy atom.